The second kappa shape index (κ2) is 28.1. The molecule has 0 aromatic heterocycles. The van der Waals surface area contributed by atoms with Gasteiger partial charge in [-0.15, -0.1) is 0 Å². The number of fused-ring (bicyclic) bond motifs is 1. The Kier molecular flexibility index (Phi) is 24.9. The number of allylic oxidation sites excluding steroid dienone is 8. The Morgan fingerprint density at radius 3 is 1.18 bits per heavy atom. The molecule has 0 unspecified atom stereocenters. The predicted octanol–water partition coefficient (Wildman–Crippen LogP) is 12.5. The van der Waals surface area contributed by atoms with Crippen LogP contribution in [0.1, 0.15) is 181 Å². The van der Waals surface area contributed by atoms with Gasteiger partial charge in [-0.05, 0) is 77.0 Å². The van der Waals surface area contributed by atoms with E-state index in [1.165, 1.54) is 141 Å². The second-order valence-electron chi connectivity index (χ2n) is 13.6. The number of hydrogen-bond donors (Lipinski definition) is 1. The summed E-state index contributed by atoms with van der Waals surface area (Å²) in [6.07, 6.45) is 52.6. The standard InChI is InChI=1S/C41H73NO2/c1-3-5-7-9-11-13-15-17-19-21-23-25-27-29-31-33-35-41(43-39-37-42-38-40(39)44-41)36-34-32-30-28-26-24-22-20-18-16-14-12-10-8-6-4-2/h11-14,17-20,39-40,42H,3-10,15-16,21-38H2,1-2H3/b13-11-,14-12-,19-17-,20-18-/t39-,40+. The zero-order chi connectivity index (χ0) is 31.2. The van der Waals surface area contributed by atoms with Gasteiger partial charge in [0, 0.05) is 25.9 Å². The van der Waals surface area contributed by atoms with Crippen LogP contribution in [0.25, 0.3) is 0 Å². The van der Waals surface area contributed by atoms with E-state index >= 15 is 0 Å². The summed E-state index contributed by atoms with van der Waals surface area (Å²) in [6, 6.07) is 0. The average molecular weight is 612 g/mol. The average Bonchev–Trinajstić information content (AvgIpc) is 3.60. The lowest BCUT2D eigenvalue weighted by Gasteiger charge is -2.29. The molecule has 2 saturated heterocycles. The van der Waals surface area contributed by atoms with Crippen molar-refractivity contribution in [3.05, 3.63) is 48.6 Å². The van der Waals surface area contributed by atoms with Gasteiger partial charge in [-0.25, -0.2) is 0 Å². The van der Waals surface area contributed by atoms with E-state index in [4.69, 9.17) is 9.47 Å². The molecule has 0 aliphatic carbocycles. The Balaban J connectivity index is 1.46. The molecule has 2 aliphatic heterocycles. The summed E-state index contributed by atoms with van der Waals surface area (Å²) in [7, 11) is 0. The normalized spacial score (nSPS) is 20.0. The van der Waals surface area contributed by atoms with Crippen molar-refractivity contribution in [2.75, 3.05) is 13.1 Å². The van der Waals surface area contributed by atoms with E-state index in [1.54, 1.807) is 0 Å². The number of hydrogen-bond acceptors (Lipinski definition) is 3. The molecule has 0 aromatic carbocycles. The molecule has 3 nitrogen and oxygen atoms in total. The predicted molar refractivity (Wildman–Crippen MR) is 193 cm³/mol. The number of ether oxygens (including phenoxy) is 2. The highest BCUT2D eigenvalue weighted by Crippen LogP contribution is 2.39. The summed E-state index contributed by atoms with van der Waals surface area (Å²) < 4.78 is 13.2. The Bertz CT molecular complexity index is 692. The monoisotopic (exact) mass is 612 g/mol. The number of nitrogens with one attached hydrogen (secondary N) is 1. The maximum Gasteiger partial charge on any atom is 0.169 e. The topological polar surface area (TPSA) is 30.5 Å². The third-order valence-electron chi connectivity index (χ3n) is 9.35. The highest BCUT2D eigenvalue weighted by Gasteiger charge is 2.48. The van der Waals surface area contributed by atoms with Crippen molar-refractivity contribution in [3.8, 4) is 0 Å². The van der Waals surface area contributed by atoms with E-state index < -0.39 is 0 Å². The smallest absolute Gasteiger partial charge is 0.169 e. The summed E-state index contributed by atoms with van der Waals surface area (Å²) in [5, 5.41) is 3.44. The molecule has 0 radical (unpaired) electrons. The van der Waals surface area contributed by atoms with E-state index in [2.05, 4.69) is 67.8 Å². The van der Waals surface area contributed by atoms with Crippen LogP contribution in [0.3, 0.4) is 0 Å². The van der Waals surface area contributed by atoms with Crippen LogP contribution < -0.4 is 5.32 Å². The van der Waals surface area contributed by atoms with Crippen molar-refractivity contribution >= 4 is 0 Å². The van der Waals surface area contributed by atoms with Crippen LogP contribution in [0.2, 0.25) is 0 Å². The molecule has 2 heterocycles. The van der Waals surface area contributed by atoms with Gasteiger partial charge in [0.25, 0.3) is 0 Å². The van der Waals surface area contributed by atoms with E-state index in [9.17, 15) is 0 Å². The lowest BCUT2D eigenvalue weighted by atomic mass is 9.98. The van der Waals surface area contributed by atoms with Gasteiger partial charge in [0.2, 0.25) is 0 Å². The van der Waals surface area contributed by atoms with Crippen LogP contribution in [0.5, 0.6) is 0 Å². The first-order valence-electron chi connectivity index (χ1n) is 19.5. The van der Waals surface area contributed by atoms with Crippen LogP contribution in [0.4, 0.5) is 0 Å². The quantitative estimate of drug-likeness (QED) is 0.0647. The van der Waals surface area contributed by atoms with Gasteiger partial charge in [0.05, 0.1) is 0 Å². The molecule has 1 N–H and O–H groups in total. The molecule has 3 heteroatoms. The minimum absolute atomic E-state index is 0.268. The van der Waals surface area contributed by atoms with E-state index in [0.29, 0.717) is 0 Å². The molecule has 2 rings (SSSR count). The highest BCUT2D eigenvalue weighted by atomic mass is 16.8. The molecular formula is C41H73NO2. The van der Waals surface area contributed by atoms with Crippen LogP contribution >= 0.6 is 0 Å². The second-order valence-corrected chi connectivity index (χ2v) is 13.6. The van der Waals surface area contributed by atoms with Gasteiger partial charge in [0.15, 0.2) is 5.79 Å². The molecule has 0 bridgehead atoms. The first kappa shape index (κ1) is 39.0. The fourth-order valence-corrected chi connectivity index (χ4v) is 6.57. The minimum Gasteiger partial charge on any atom is -0.343 e. The summed E-state index contributed by atoms with van der Waals surface area (Å²) in [5.74, 6) is -0.304. The molecule has 254 valence electrons. The minimum atomic E-state index is -0.304. The highest BCUT2D eigenvalue weighted by molar-refractivity contribution is 4.94. The van der Waals surface area contributed by atoms with Gasteiger partial charge < -0.3 is 14.8 Å². The fraction of sp³-hybridized carbons (Fsp3) is 0.805. The van der Waals surface area contributed by atoms with Crippen molar-refractivity contribution in [2.24, 2.45) is 0 Å². The van der Waals surface area contributed by atoms with Crippen molar-refractivity contribution in [2.45, 2.75) is 199 Å². The maximum atomic E-state index is 6.61. The molecule has 0 saturated carbocycles. The SMILES string of the molecule is CCCCC/C=C\C/C=C\CCCCCCCCC1(CCCCCCCC/C=C\C/C=C\CCCCC)O[C@H]2CNC[C@H]2O1. The summed E-state index contributed by atoms with van der Waals surface area (Å²) in [5.41, 5.74) is 0. The summed E-state index contributed by atoms with van der Waals surface area (Å²) in [6.45, 7) is 6.45. The molecule has 2 fully saturated rings. The Labute approximate surface area is 274 Å². The Morgan fingerprint density at radius 1 is 0.455 bits per heavy atom. The zero-order valence-corrected chi connectivity index (χ0v) is 29.4. The van der Waals surface area contributed by atoms with E-state index in [-0.39, 0.29) is 18.0 Å². The molecule has 0 spiro atoms. The third-order valence-corrected chi connectivity index (χ3v) is 9.35. The Morgan fingerprint density at radius 2 is 0.795 bits per heavy atom. The third kappa shape index (κ3) is 20.1. The van der Waals surface area contributed by atoms with Crippen molar-refractivity contribution < 1.29 is 9.47 Å². The van der Waals surface area contributed by atoms with Crippen LogP contribution in [0, 0.1) is 0 Å². The van der Waals surface area contributed by atoms with E-state index in [1.807, 2.05) is 0 Å². The van der Waals surface area contributed by atoms with Crippen molar-refractivity contribution in [1.29, 1.82) is 0 Å². The lowest BCUT2D eigenvalue weighted by Crippen LogP contribution is -2.34. The summed E-state index contributed by atoms with van der Waals surface area (Å²) >= 11 is 0. The van der Waals surface area contributed by atoms with Crippen LogP contribution in [0.15, 0.2) is 48.6 Å². The van der Waals surface area contributed by atoms with Gasteiger partial charge in [-0.1, -0.05) is 140 Å². The zero-order valence-electron chi connectivity index (χ0n) is 29.4. The van der Waals surface area contributed by atoms with Crippen LogP contribution in [-0.4, -0.2) is 31.1 Å². The van der Waals surface area contributed by atoms with E-state index in [0.717, 1.165) is 38.8 Å². The molecule has 0 aromatic rings. The van der Waals surface area contributed by atoms with Gasteiger partial charge >= 0.3 is 0 Å². The number of rotatable bonds is 30. The molecule has 2 aliphatic rings. The first-order valence-corrected chi connectivity index (χ1v) is 19.5. The van der Waals surface area contributed by atoms with Gasteiger partial charge in [-0.2, -0.15) is 0 Å². The maximum absolute atomic E-state index is 6.61. The summed E-state index contributed by atoms with van der Waals surface area (Å²) in [4.78, 5) is 0. The number of unbranched alkanes of at least 4 members (excludes halogenated alkanes) is 18. The fourth-order valence-electron chi connectivity index (χ4n) is 6.57. The van der Waals surface area contributed by atoms with Crippen LogP contribution in [-0.2, 0) is 9.47 Å². The Hall–Kier alpha value is -1.16. The van der Waals surface area contributed by atoms with Gasteiger partial charge in [0.1, 0.15) is 12.2 Å². The van der Waals surface area contributed by atoms with Crippen molar-refractivity contribution in [3.63, 3.8) is 0 Å². The first-order chi connectivity index (χ1) is 21.8. The molecule has 44 heavy (non-hydrogen) atoms. The largest absolute Gasteiger partial charge is 0.343 e. The molecular weight excluding hydrogens is 538 g/mol. The van der Waals surface area contributed by atoms with Gasteiger partial charge in [-0.3, -0.25) is 0 Å². The van der Waals surface area contributed by atoms with Crippen molar-refractivity contribution in [1.82, 2.24) is 5.32 Å². The lowest BCUT2D eigenvalue weighted by molar-refractivity contribution is -0.189. The molecule has 2 atom stereocenters. The molecule has 0 amide bonds.